The summed E-state index contributed by atoms with van der Waals surface area (Å²) < 4.78 is 10.8. The molecule has 0 aliphatic rings. The van der Waals surface area contributed by atoms with Crippen LogP contribution in [0.15, 0.2) is 36.4 Å². The molecular weight excluding hydrogens is 232 g/mol. The number of carboxylic acids is 1. The van der Waals surface area contributed by atoms with Crippen molar-refractivity contribution >= 4 is 5.97 Å². The summed E-state index contributed by atoms with van der Waals surface area (Å²) in [5.74, 6) is -0.298. The number of ether oxygens (including phenoxy) is 2. The van der Waals surface area contributed by atoms with Gasteiger partial charge in [-0.1, -0.05) is 5.57 Å². The molecule has 0 aliphatic heterocycles. The van der Waals surface area contributed by atoms with Gasteiger partial charge in [0.2, 0.25) is 0 Å². The molecule has 0 spiro atoms. The van der Waals surface area contributed by atoms with Gasteiger partial charge < -0.3 is 14.6 Å². The predicted octanol–water partition coefficient (Wildman–Crippen LogP) is 2.75. The second-order valence-electron chi connectivity index (χ2n) is 4.00. The van der Waals surface area contributed by atoms with Crippen molar-refractivity contribution in [2.24, 2.45) is 0 Å². The Morgan fingerprint density at radius 1 is 1.22 bits per heavy atom. The largest absolute Gasteiger partial charge is 0.491 e. The average molecular weight is 250 g/mol. The van der Waals surface area contributed by atoms with Crippen molar-refractivity contribution in [1.82, 2.24) is 0 Å². The fraction of sp³-hybridized carbons (Fsp3) is 0.357. The van der Waals surface area contributed by atoms with Crippen molar-refractivity contribution in [1.29, 1.82) is 0 Å². The van der Waals surface area contributed by atoms with Crippen molar-refractivity contribution in [3.8, 4) is 5.75 Å². The van der Waals surface area contributed by atoms with E-state index in [4.69, 9.17) is 14.6 Å². The van der Waals surface area contributed by atoms with Crippen LogP contribution in [0, 0.1) is 0 Å². The molecule has 0 radical (unpaired) electrons. The van der Waals surface area contributed by atoms with Gasteiger partial charge in [-0.05, 0) is 37.6 Å². The molecule has 18 heavy (non-hydrogen) atoms. The van der Waals surface area contributed by atoms with Crippen molar-refractivity contribution in [3.63, 3.8) is 0 Å². The maximum Gasteiger partial charge on any atom is 0.335 e. The highest BCUT2D eigenvalue weighted by Crippen LogP contribution is 2.11. The molecule has 1 aromatic carbocycles. The number of carbonyl (C=O) groups is 1. The zero-order chi connectivity index (χ0) is 13.4. The summed E-state index contributed by atoms with van der Waals surface area (Å²) >= 11 is 0. The third-order valence-corrected chi connectivity index (χ3v) is 2.27. The minimum absolute atomic E-state index is 0.250. The molecule has 0 aromatic heterocycles. The van der Waals surface area contributed by atoms with Gasteiger partial charge in [-0.15, -0.1) is 6.58 Å². The number of hydrogen-bond donors (Lipinski definition) is 1. The molecule has 0 bridgehead atoms. The summed E-state index contributed by atoms with van der Waals surface area (Å²) in [6.45, 7) is 7.35. The maximum atomic E-state index is 10.6. The van der Waals surface area contributed by atoms with E-state index in [1.165, 1.54) is 12.1 Å². The van der Waals surface area contributed by atoms with Crippen molar-refractivity contribution in [3.05, 3.63) is 42.0 Å². The van der Waals surface area contributed by atoms with Gasteiger partial charge in [0.15, 0.2) is 0 Å². The van der Waals surface area contributed by atoms with Crippen LogP contribution >= 0.6 is 0 Å². The molecule has 1 N–H and O–H groups in total. The van der Waals surface area contributed by atoms with E-state index in [1.807, 2.05) is 6.92 Å². The van der Waals surface area contributed by atoms with Crippen molar-refractivity contribution in [2.45, 2.75) is 13.3 Å². The van der Waals surface area contributed by atoms with Crippen LogP contribution in [-0.4, -0.2) is 30.9 Å². The Bertz CT molecular complexity index is 395. The Labute approximate surface area is 107 Å². The summed E-state index contributed by atoms with van der Waals surface area (Å²) in [6.07, 6.45) is 0.854. The van der Waals surface area contributed by atoms with Crippen LogP contribution in [-0.2, 0) is 4.74 Å². The molecule has 1 aromatic rings. The van der Waals surface area contributed by atoms with Gasteiger partial charge in [-0.2, -0.15) is 0 Å². The number of hydrogen-bond acceptors (Lipinski definition) is 3. The molecule has 0 aliphatic carbocycles. The molecule has 0 unspecified atom stereocenters. The minimum atomic E-state index is -0.940. The van der Waals surface area contributed by atoms with E-state index < -0.39 is 5.97 Å². The summed E-state index contributed by atoms with van der Waals surface area (Å²) in [6, 6.07) is 6.30. The van der Waals surface area contributed by atoms with E-state index in [1.54, 1.807) is 12.1 Å². The monoisotopic (exact) mass is 250 g/mol. The molecule has 0 fully saturated rings. The lowest BCUT2D eigenvalue weighted by Gasteiger charge is -2.07. The van der Waals surface area contributed by atoms with E-state index >= 15 is 0 Å². The highest BCUT2D eigenvalue weighted by atomic mass is 16.5. The first-order valence-corrected chi connectivity index (χ1v) is 5.78. The molecule has 0 saturated carbocycles. The minimum Gasteiger partial charge on any atom is -0.491 e. The third kappa shape index (κ3) is 5.50. The first-order chi connectivity index (χ1) is 8.59. The Kier molecular flexibility index (Phi) is 5.94. The fourth-order valence-corrected chi connectivity index (χ4v) is 1.26. The van der Waals surface area contributed by atoms with Gasteiger partial charge in [0.1, 0.15) is 12.4 Å². The number of aromatic carboxylic acids is 1. The molecule has 4 heteroatoms. The Balaban J connectivity index is 2.19. The van der Waals surface area contributed by atoms with Crippen LogP contribution in [0.25, 0.3) is 0 Å². The number of carboxylic acid groups (broad SMARTS) is 1. The smallest absolute Gasteiger partial charge is 0.335 e. The lowest BCUT2D eigenvalue weighted by Crippen LogP contribution is -2.07. The number of rotatable bonds is 8. The molecule has 0 amide bonds. The van der Waals surface area contributed by atoms with Crippen LogP contribution in [0.4, 0.5) is 0 Å². The predicted molar refractivity (Wildman–Crippen MR) is 69.1 cm³/mol. The van der Waals surface area contributed by atoms with Gasteiger partial charge in [0.25, 0.3) is 0 Å². The molecule has 1 rings (SSSR count). The van der Waals surface area contributed by atoms with Crippen molar-refractivity contribution in [2.75, 3.05) is 19.8 Å². The van der Waals surface area contributed by atoms with E-state index in [0.717, 1.165) is 12.0 Å². The van der Waals surface area contributed by atoms with Crippen molar-refractivity contribution < 1.29 is 19.4 Å². The van der Waals surface area contributed by atoms with E-state index in [0.29, 0.717) is 25.6 Å². The average Bonchev–Trinajstić information content (AvgIpc) is 2.34. The van der Waals surface area contributed by atoms with Crippen LogP contribution in [0.1, 0.15) is 23.7 Å². The van der Waals surface area contributed by atoms with Gasteiger partial charge in [-0.25, -0.2) is 4.79 Å². The lowest BCUT2D eigenvalue weighted by molar-refractivity contribution is 0.0696. The fourth-order valence-electron chi connectivity index (χ4n) is 1.26. The van der Waals surface area contributed by atoms with Gasteiger partial charge in [0, 0.05) is 0 Å². The summed E-state index contributed by atoms with van der Waals surface area (Å²) in [4.78, 5) is 10.6. The van der Waals surface area contributed by atoms with E-state index in [9.17, 15) is 4.79 Å². The molecular formula is C14H18O4. The summed E-state index contributed by atoms with van der Waals surface area (Å²) in [7, 11) is 0. The summed E-state index contributed by atoms with van der Waals surface area (Å²) in [5, 5.41) is 8.73. The van der Waals surface area contributed by atoms with Crippen LogP contribution in [0.3, 0.4) is 0 Å². The van der Waals surface area contributed by atoms with Crippen LogP contribution in [0.5, 0.6) is 5.75 Å². The third-order valence-electron chi connectivity index (χ3n) is 2.27. The van der Waals surface area contributed by atoms with Crippen LogP contribution in [0.2, 0.25) is 0 Å². The molecule has 0 heterocycles. The zero-order valence-corrected chi connectivity index (χ0v) is 10.5. The van der Waals surface area contributed by atoms with Crippen LogP contribution < -0.4 is 4.74 Å². The van der Waals surface area contributed by atoms with E-state index in [2.05, 4.69) is 6.58 Å². The highest BCUT2D eigenvalue weighted by Gasteiger charge is 2.01. The Hall–Kier alpha value is -1.81. The molecule has 4 nitrogen and oxygen atoms in total. The number of benzene rings is 1. The van der Waals surface area contributed by atoms with Gasteiger partial charge in [0.05, 0.1) is 18.8 Å². The normalized spacial score (nSPS) is 10.1. The lowest BCUT2D eigenvalue weighted by atomic mass is 10.2. The topological polar surface area (TPSA) is 55.8 Å². The standard InChI is InChI=1S/C14H18O4/c1-11(2)7-8-17-9-10-18-13-5-3-12(4-6-13)14(15)16/h3-6H,1,7-10H2,2H3,(H,15,16). The first kappa shape index (κ1) is 14.3. The quantitative estimate of drug-likeness (QED) is 0.569. The Morgan fingerprint density at radius 3 is 2.44 bits per heavy atom. The molecule has 0 atom stereocenters. The van der Waals surface area contributed by atoms with Gasteiger partial charge in [-0.3, -0.25) is 0 Å². The Morgan fingerprint density at radius 2 is 1.89 bits per heavy atom. The maximum absolute atomic E-state index is 10.6. The summed E-state index contributed by atoms with van der Waals surface area (Å²) in [5.41, 5.74) is 1.35. The van der Waals surface area contributed by atoms with E-state index in [-0.39, 0.29) is 5.56 Å². The zero-order valence-electron chi connectivity index (χ0n) is 10.5. The first-order valence-electron chi connectivity index (χ1n) is 5.78. The van der Waals surface area contributed by atoms with Gasteiger partial charge >= 0.3 is 5.97 Å². The SMILES string of the molecule is C=C(C)CCOCCOc1ccc(C(=O)O)cc1. The second kappa shape index (κ2) is 7.50. The second-order valence-corrected chi connectivity index (χ2v) is 4.00. The highest BCUT2D eigenvalue weighted by molar-refractivity contribution is 5.87. The molecule has 98 valence electrons. The molecule has 0 saturated heterocycles.